The first-order valence-electron chi connectivity index (χ1n) is 3.23. The van der Waals surface area contributed by atoms with Crippen LogP contribution >= 0.6 is 0 Å². The lowest BCUT2D eigenvalue weighted by Crippen LogP contribution is -2.05. The van der Waals surface area contributed by atoms with Crippen molar-refractivity contribution in [1.29, 1.82) is 0 Å². The molecule has 2 bridgehead atoms. The van der Waals surface area contributed by atoms with E-state index >= 15 is 0 Å². The van der Waals surface area contributed by atoms with Crippen LogP contribution in [0, 0.1) is 5.92 Å². The molecule has 48 valence electrons. The number of rotatable bonds is 0. The molecule has 0 spiro atoms. The highest BCUT2D eigenvalue weighted by Gasteiger charge is 2.34. The lowest BCUT2D eigenvalue weighted by molar-refractivity contribution is -0.142. The van der Waals surface area contributed by atoms with E-state index in [1.165, 1.54) is 0 Å². The summed E-state index contributed by atoms with van der Waals surface area (Å²) in [6, 6.07) is 0. The number of esters is 1. The van der Waals surface area contributed by atoms with E-state index in [4.69, 9.17) is 4.74 Å². The van der Waals surface area contributed by atoms with Gasteiger partial charge in [0.2, 0.25) is 0 Å². The summed E-state index contributed by atoms with van der Waals surface area (Å²) < 4.78 is 4.98. The molecular weight excluding hydrogens is 116 g/mol. The molecule has 2 unspecified atom stereocenters. The zero-order valence-corrected chi connectivity index (χ0v) is 5.04. The van der Waals surface area contributed by atoms with Crippen LogP contribution in [0.15, 0.2) is 12.2 Å². The van der Waals surface area contributed by atoms with Gasteiger partial charge in [-0.2, -0.15) is 0 Å². The zero-order chi connectivity index (χ0) is 6.27. The summed E-state index contributed by atoms with van der Waals surface area (Å²) in [5, 5.41) is 0. The summed E-state index contributed by atoms with van der Waals surface area (Å²) in [7, 11) is 0. The highest BCUT2D eigenvalue weighted by atomic mass is 16.5. The highest BCUT2D eigenvalue weighted by Crippen LogP contribution is 2.28. The van der Waals surface area contributed by atoms with Crippen LogP contribution in [0.25, 0.3) is 0 Å². The van der Waals surface area contributed by atoms with Crippen LogP contribution in [0.2, 0.25) is 0 Å². The third kappa shape index (κ3) is 0.661. The van der Waals surface area contributed by atoms with Crippen molar-refractivity contribution in [3.63, 3.8) is 0 Å². The van der Waals surface area contributed by atoms with Crippen LogP contribution in [-0.4, -0.2) is 12.1 Å². The van der Waals surface area contributed by atoms with E-state index in [1.54, 1.807) is 0 Å². The van der Waals surface area contributed by atoms with Crippen molar-refractivity contribution in [3.8, 4) is 0 Å². The van der Waals surface area contributed by atoms with Crippen molar-refractivity contribution in [2.45, 2.75) is 18.9 Å². The Morgan fingerprint density at radius 2 is 2.56 bits per heavy atom. The molecular formula is C7H8O2. The van der Waals surface area contributed by atoms with Gasteiger partial charge in [-0.1, -0.05) is 12.2 Å². The van der Waals surface area contributed by atoms with E-state index in [2.05, 4.69) is 0 Å². The maximum absolute atomic E-state index is 10.8. The Kier molecular flexibility index (Phi) is 0.891. The van der Waals surface area contributed by atoms with Crippen molar-refractivity contribution in [3.05, 3.63) is 12.2 Å². The largest absolute Gasteiger partial charge is 0.462 e. The maximum Gasteiger partial charge on any atom is 0.313 e. The maximum atomic E-state index is 10.8. The minimum atomic E-state index is -0.0336. The van der Waals surface area contributed by atoms with Gasteiger partial charge in [-0.3, -0.25) is 4.79 Å². The molecule has 0 saturated carbocycles. The second-order valence-corrected chi connectivity index (χ2v) is 2.56. The third-order valence-corrected chi connectivity index (χ3v) is 1.87. The fourth-order valence-corrected chi connectivity index (χ4v) is 1.38. The Labute approximate surface area is 53.5 Å². The van der Waals surface area contributed by atoms with Crippen LogP contribution in [-0.2, 0) is 9.53 Å². The summed E-state index contributed by atoms with van der Waals surface area (Å²) in [6.45, 7) is 0. The predicted molar refractivity (Wildman–Crippen MR) is 31.7 cm³/mol. The van der Waals surface area contributed by atoms with Crippen LogP contribution < -0.4 is 0 Å². The fraction of sp³-hybridized carbons (Fsp3) is 0.571. The molecule has 0 N–H and O–H groups in total. The van der Waals surface area contributed by atoms with Crippen molar-refractivity contribution in [1.82, 2.24) is 0 Å². The quantitative estimate of drug-likeness (QED) is 0.354. The number of carbonyl (C=O) groups excluding carboxylic acids is 1. The Morgan fingerprint density at radius 1 is 1.67 bits per heavy atom. The molecule has 1 aliphatic heterocycles. The number of hydrogen-bond acceptors (Lipinski definition) is 2. The summed E-state index contributed by atoms with van der Waals surface area (Å²) in [4.78, 5) is 10.8. The smallest absolute Gasteiger partial charge is 0.313 e. The van der Waals surface area contributed by atoms with Gasteiger partial charge >= 0.3 is 5.97 Å². The van der Waals surface area contributed by atoms with Gasteiger partial charge in [0.25, 0.3) is 0 Å². The first-order valence-corrected chi connectivity index (χ1v) is 3.23. The summed E-state index contributed by atoms with van der Waals surface area (Å²) >= 11 is 0. The SMILES string of the molecule is O=C1OC2CC=CC1C2. The number of hydrogen-bond donors (Lipinski definition) is 0. The molecule has 1 fully saturated rings. The van der Waals surface area contributed by atoms with Gasteiger partial charge in [0.1, 0.15) is 6.10 Å². The lowest BCUT2D eigenvalue weighted by Gasteiger charge is -2.06. The number of ether oxygens (including phenoxy) is 1. The first-order chi connectivity index (χ1) is 4.36. The molecule has 2 nitrogen and oxygen atoms in total. The zero-order valence-electron chi connectivity index (χ0n) is 5.04. The van der Waals surface area contributed by atoms with Crippen molar-refractivity contribution in [2.24, 2.45) is 5.92 Å². The Bertz CT molecular complexity index is 172. The average Bonchev–Trinajstić information content (AvgIpc) is 2.09. The molecule has 2 aliphatic rings. The normalized spacial score (nSPS) is 38.9. The van der Waals surface area contributed by atoms with Crippen molar-refractivity contribution < 1.29 is 9.53 Å². The number of fused-ring (bicyclic) bond motifs is 2. The Morgan fingerprint density at radius 3 is 3.22 bits per heavy atom. The monoisotopic (exact) mass is 124 g/mol. The van der Waals surface area contributed by atoms with Crippen LogP contribution in [0.1, 0.15) is 12.8 Å². The molecule has 9 heavy (non-hydrogen) atoms. The lowest BCUT2D eigenvalue weighted by atomic mass is 9.97. The summed E-state index contributed by atoms with van der Waals surface area (Å²) in [5.74, 6) is 0.0532. The third-order valence-electron chi connectivity index (χ3n) is 1.87. The molecule has 2 heteroatoms. The molecule has 2 atom stereocenters. The van der Waals surface area contributed by atoms with Crippen molar-refractivity contribution >= 4 is 5.97 Å². The standard InChI is InChI=1S/C7H8O2/c8-7-5-2-1-3-6(4-5)9-7/h1-2,5-6H,3-4H2. The van der Waals surface area contributed by atoms with Gasteiger partial charge in [0.05, 0.1) is 5.92 Å². The fourth-order valence-electron chi connectivity index (χ4n) is 1.38. The summed E-state index contributed by atoms with van der Waals surface area (Å²) in [6.07, 6.45) is 6.01. The molecule has 0 amide bonds. The van der Waals surface area contributed by atoms with Gasteiger partial charge in [0, 0.05) is 12.8 Å². The van der Waals surface area contributed by atoms with Gasteiger partial charge in [0.15, 0.2) is 0 Å². The van der Waals surface area contributed by atoms with Crippen molar-refractivity contribution in [2.75, 3.05) is 0 Å². The summed E-state index contributed by atoms with van der Waals surface area (Å²) in [5.41, 5.74) is 0. The van der Waals surface area contributed by atoms with E-state index in [9.17, 15) is 4.79 Å². The van der Waals surface area contributed by atoms with Crippen LogP contribution in [0.4, 0.5) is 0 Å². The van der Waals surface area contributed by atoms with E-state index in [0.29, 0.717) is 0 Å². The Balaban J connectivity index is 2.27. The second-order valence-electron chi connectivity index (χ2n) is 2.56. The highest BCUT2D eigenvalue weighted by molar-refractivity contribution is 5.77. The van der Waals surface area contributed by atoms with Crippen LogP contribution in [0.3, 0.4) is 0 Å². The topological polar surface area (TPSA) is 26.3 Å². The molecule has 0 aromatic heterocycles. The van der Waals surface area contributed by atoms with E-state index in [-0.39, 0.29) is 18.0 Å². The molecule has 2 rings (SSSR count). The van der Waals surface area contributed by atoms with E-state index < -0.39 is 0 Å². The molecule has 1 saturated heterocycles. The van der Waals surface area contributed by atoms with Gasteiger partial charge in [-0.25, -0.2) is 0 Å². The van der Waals surface area contributed by atoms with Gasteiger partial charge < -0.3 is 4.74 Å². The van der Waals surface area contributed by atoms with Gasteiger partial charge in [-0.05, 0) is 0 Å². The minimum absolute atomic E-state index is 0.0336. The van der Waals surface area contributed by atoms with Gasteiger partial charge in [-0.15, -0.1) is 0 Å². The molecule has 0 aromatic rings. The molecule has 1 heterocycles. The Hall–Kier alpha value is -0.790. The average molecular weight is 124 g/mol. The first kappa shape index (κ1) is 5.03. The van der Waals surface area contributed by atoms with E-state index in [1.807, 2.05) is 12.2 Å². The number of carbonyl (C=O) groups is 1. The minimum Gasteiger partial charge on any atom is -0.462 e. The van der Waals surface area contributed by atoms with E-state index in [0.717, 1.165) is 12.8 Å². The molecule has 1 aliphatic carbocycles. The second kappa shape index (κ2) is 1.59. The van der Waals surface area contributed by atoms with Crippen LogP contribution in [0.5, 0.6) is 0 Å². The molecule has 0 radical (unpaired) electrons. The molecule has 0 aromatic carbocycles. The predicted octanol–water partition coefficient (Wildman–Crippen LogP) is 0.878.